The Hall–Kier alpha value is 0.0500. The van der Waals surface area contributed by atoms with Gasteiger partial charge in [-0.3, -0.25) is 0 Å². The van der Waals surface area contributed by atoms with Crippen LogP contribution in [0.1, 0.15) is 24.6 Å². The van der Waals surface area contributed by atoms with Crippen molar-refractivity contribution in [2.75, 3.05) is 13.1 Å². The number of thiophene rings is 1. The maximum absolute atomic E-state index is 12.7. The average molecular weight is 367 g/mol. The molecular formula is C12H19BrN2O2S2. The number of piperidine rings is 1. The highest BCUT2D eigenvalue weighted by Gasteiger charge is 2.34. The maximum Gasteiger partial charge on any atom is 0.244 e. The molecule has 1 saturated heterocycles. The van der Waals surface area contributed by atoms with Crippen LogP contribution in [0.5, 0.6) is 0 Å². The van der Waals surface area contributed by atoms with Crippen LogP contribution in [-0.4, -0.2) is 31.9 Å². The topological polar surface area (TPSA) is 63.4 Å². The van der Waals surface area contributed by atoms with E-state index in [0.717, 1.165) is 21.5 Å². The first-order valence-electron chi connectivity index (χ1n) is 6.38. The Bertz CT molecular complexity index is 556. The summed E-state index contributed by atoms with van der Waals surface area (Å²) < 4.78 is 27.8. The number of hydrogen-bond donors (Lipinski definition) is 1. The van der Waals surface area contributed by atoms with E-state index >= 15 is 0 Å². The second-order valence-corrected chi connectivity index (χ2v) is 9.50. The molecule has 2 N–H and O–H groups in total. The van der Waals surface area contributed by atoms with Crippen molar-refractivity contribution in [2.45, 2.75) is 37.6 Å². The number of sulfonamides is 1. The summed E-state index contributed by atoms with van der Waals surface area (Å²) in [4.78, 5) is 1.25. The van der Waals surface area contributed by atoms with Gasteiger partial charge in [-0.2, -0.15) is 4.31 Å². The van der Waals surface area contributed by atoms with Crippen LogP contribution in [0, 0.1) is 12.8 Å². The number of hydrogen-bond acceptors (Lipinski definition) is 4. The largest absolute Gasteiger partial charge is 0.327 e. The summed E-state index contributed by atoms with van der Waals surface area (Å²) in [6, 6.07) is 1.82. The van der Waals surface area contributed by atoms with Crippen molar-refractivity contribution < 1.29 is 8.42 Å². The molecule has 2 atom stereocenters. The lowest BCUT2D eigenvalue weighted by Gasteiger charge is -2.35. The van der Waals surface area contributed by atoms with Crippen molar-refractivity contribution in [2.24, 2.45) is 11.7 Å². The normalized spacial score (nSPS) is 25.7. The molecule has 0 amide bonds. The highest BCUT2D eigenvalue weighted by atomic mass is 79.9. The molecule has 108 valence electrons. The van der Waals surface area contributed by atoms with Gasteiger partial charge in [0.2, 0.25) is 10.0 Å². The minimum Gasteiger partial charge on any atom is -0.327 e. The van der Waals surface area contributed by atoms with Crippen LogP contribution in [0.25, 0.3) is 0 Å². The van der Waals surface area contributed by atoms with Gasteiger partial charge in [0.1, 0.15) is 0 Å². The van der Waals surface area contributed by atoms with E-state index in [1.54, 1.807) is 10.4 Å². The Kier molecular flexibility index (Phi) is 4.72. The molecule has 1 fully saturated rings. The van der Waals surface area contributed by atoms with Crippen LogP contribution >= 0.6 is 27.3 Å². The van der Waals surface area contributed by atoms with Gasteiger partial charge < -0.3 is 5.73 Å². The molecule has 0 bridgehead atoms. The van der Waals surface area contributed by atoms with Gasteiger partial charge in [-0.15, -0.1) is 11.3 Å². The molecule has 1 aromatic heterocycles. The van der Waals surface area contributed by atoms with Gasteiger partial charge in [0.25, 0.3) is 0 Å². The zero-order valence-electron chi connectivity index (χ0n) is 11.1. The van der Waals surface area contributed by atoms with Crippen molar-refractivity contribution in [1.82, 2.24) is 4.31 Å². The molecule has 1 aromatic rings. The minimum absolute atomic E-state index is 0.117. The van der Waals surface area contributed by atoms with Crippen molar-refractivity contribution in [3.05, 3.63) is 14.7 Å². The molecule has 0 aliphatic carbocycles. The molecule has 2 heterocycles. The maximum atomic E-state index is 12.7. The standard InChI is InChI=1S/C12H19BrN2O2S2/c1-3-9-7-15(5-4-10(9)14)19(16,17)11-6-12(13)18-8(11)2/h6,9-10H,3-5,7,14H2,1-2H3. The van der Waals surface area contributed by atoms with E-state index in [2.05, 4.69) is 22.9 Å². The number of nitrogens with two attached hydrogens (primary N) is 1. The summed E-state index contributed by atoms with van der Waals surface area (Å²) in [6.07, 6.45) is 1.65. The highest BCUT2D eigenvalue weighted by Crippen LogP contribution is 2.33. The lowest BCUT2D eigenvalue weighted by Crippen LogP contribution is -2.48. The average Bonchev–Trinajstić information content (AvgIpc) is 2.69. The fourth-order valence-corrected chi connectivity index (χ4v) is 6.39. The molecule has 4 nitrogen and oxygen atoms in total. The number of halogens is 1. The van der Waals surface area contributed by atoms with E-state index in [-0.39, 0.29) is 12.0 Å². The predicted octanol–water partition coefficient (Wildman–Crippen LogP) is 2.57. The monoisotopic (exact) mass is 366 g/mol. The number of rotatable bonds is 3. The molecule has 2 unspecified atom stereocenters. The first-order chi connectivity index (χ1) is 8.86. The summed E-state index contributed by atoms with van der Waals surface area (Å²) >= 11 is 4.80. The first-order valence-corrected chi connectivity index (χ1v) is 9.43. The third kappa shape index (κ3) is 3.05. The van der Waals surface area contributed by atoms with Crippen LogP contribution in [0.3, 0.4) is 0 Å². The lowest BCUT2D eigenvalue weighted by atomic mass is 9.92. The molecule has 2 rings (SSSR count). The zero-order valence-corrected chi connectivity index (χ0v) is 14.3. The first kappa shape index (κ1) is 15.4. The molecule has 0 aromatic carbocycles. The van der Waals surface area contributed by atoms with E-state index in [1.165, 1.54) is 11.3 Å². The van der Waals surface area contributed by atoms with Crippen LogP contribution < -0.4 is 5.73 Å². The van der Waals surface area contributed by atoms with Gasteiger partial charge in [-0.25, -0.2) is 8.42 Å². The van der Waals surface area contributed by atoms with E-state index in [9.17, 15) is 8.42 Å². The van der Waals surface area contributed by atoms with Crippen molar-refractivity contribution >= 4 is 37.3 Å². The van der Waals surface area contributed by atoms with Gasteiger partial charge in [0.05, 0.1) is 8.68 Å². The van der Waals surface area contributed by atoms with E-state index in [4.69, 9.17) is 5.73 Å². The van der Waals surface area contributed by atoms with Crippen molar-refractivity contribution in [3.8, 4) is 0 Å². The second-order valence-electron chi connectivity index (χ2n) is 4.95. The predicted molar refractivity (Wildman–Crippen MR) is 81.9 cm³/mol. The van der Waals surface area contributed by atoms with Crippen molar-refractivity contribution in [1.29, 1.82) is 0 Å². The Morgan fingerprint density at radius 3 is 2.79 bits per heavy atom. The summed E-state index contributed by atoms with van der Waals surface area (Å²) in [7, 11) is -3.38. The van der Waals surface area contributed by atoms with Crippen LogP contribution in [0.4, 0.5) is 0 Å². The molecular weight excluding hydrogens is 348 g/mol. The third-order valence-electron chi connectivity index (χ3n) is 3.74. The van der Waals surface area contributed by atoms with Gasteiger partial charge in [0, 0.05) is 24.0 Å². The SMILES string of the molecule is CCC1CN(S(=O)(=O)c2cc(Br)sc2C)CCC1N. The zero-order chi connectivity index (χ0) is 14.2. The summed E-state index contributed by atoms with van der Waals surface area (Å²) in [6.45, 7) is 4.96. The fourth-order valence-electron chi connectivity index (χ4n) is 2.49. The molecule has 1 aliphatic heterocycles. The summed E-state index contributed by atoms with van der Waals surface area (Å²) in [5.74, 6) is 0.255. The Labute approximate surface area is 127 Å². The second kappa shape index (κ2) is 5.81. The number of aryl methyl sites for hydroxylation is 1. The van der Waals surface area contributed by atoms with Crippen LogP contribution in [0.15, 0.2) is 14.7 Å². The Morgan fingerprint density at radius 1 is 1.58 bits per heavy atom. The van der Waals surface area contributed by atoms with Crippen LogP contribution in [0.2, 0.25) is 0 Å². The molecule has 19 heavy (non-hydrogen) atoms. The van der Waals surface area contributed by atoms with Crippen molar-refractivity contribution in [3.63, 3.8) is 0 Å². The van der Waals surface area contributed by atoms with Gasteiger partial charge in [-0.1, -0.05) is 13.3 Å². The molecule has 7 heteroatoms. The quantitative estimate of drug-likeness (QED) is 0.893. The van der Waals surface area contributed by atoms with E-state index < -0.39 is 10.0 Å². The molecule has 1 aliphatic rings. The molecule has 0 saturated carbocycles. The van der Waals surface area contributed by atoms with Crippen LogP contribution in [-0.2, 0) is 10.0 Å². The summed E-state index contributed by atoms with van der Waals surface area (Å²) in [5.41, 5.74) is 6.04. The lowest BCUT2D eigenvalue weighted by molar-refractivity contribution is 0.230. The fraction of sp³-hybridized carbons (Fsp3) is 0.667. The Balaban J connectivity index is 2.28. The minimum atomic E-state index is -3.38. The van der Waals surface area contributed by atoms with E-state index in [0.29, 0.717) is 18.0 Å². The van der Waals surface area contributed by atoms with Gasteiger partial charge in [0.15, 0.2) is 0 Å². The highest BCUT2D eigenvalue weighted by molar-refractivity contribution is 9.11. The van der Waals surface area contributed by atoms with Gasteiger partial charge in [-0.05, 0) is 41.3 Å². The third-order valence-corrected chi connectivity index (χ3v) is 7.41. The smallest absolute Gasteiger partial charge is 0.244 e. The Morgan fingerprint density at radius 2 is 2.26 bits per heavy atom. The molecule has 0 spiro atoms. The summed E-state index contributed by atoms with van der Waals surface area (Å²) in [5, 5.41) is 0. The number of nitrogens with zero attached hydrogens (tertiary/aromatic N) is 1. The molecule has 0 radical (unpaired) electrons. The van der Waals surface area contributed by atoms with E-state index in [1.807, 2.05) is 6.92 Å². The van der Waals surface area contributed by atoms with Gasteiger partial charge >= 0.3 is 0 Å².